The van der Waals surface area contributed by atoms with E-state index in [4.69, 9.17) is 10.7 Å². The predicted molar refractivity (Wildman–Crippen MR) is 119 cm³/mol. The van der Waals surface area contributed by atoms with Gasteiger partial charge in [0.2, 0.25) is 5.95 Å². The summed E-state index contributed by atoms with van der Waals surface area (Å²) >= 11 is 0. The molecular weight excluding hydrogens is 360 g/mol. The Hall–Kier alpha value is -2.73. The monoisotopic (exact) mass is 390 g/mol. The molecule has 152 valence electrons. The number of aromatic nitrogens is 3. The molecule has 0 unspecified atom stereocenters. The molecule has 3 aromatic rings. The van der Waals surface area contributed by atoms with Gasteiger partial charge in [0.25, 0.3) is 0 Å². The average Bonchev–Trinajstić information content (AvgIpc) is 3.23. The zero-order chi connectivity index (χ0) is 20.1. The Kier molecular flexibility index (Phi) is 6.20. The van der Waals surface area contributed by atoms with Gasteiger partial charge in [-0.1, -0.05) is 37.6 Å². The van der Waals surface area contributed by atoms with Crippen LogP contribution in [0.25, 0.3) is 11.0 Å². The number of hydrogen-bond acceptors (Lipinski definition) is 6. The molecule has 0 atom stereocenters. The Morgan fingerprint density at radius 2 is 1.72 bits per heavy atom. The topological polar surface area (TPSA) is 80.0 Å². The predicted octanol–water partition coefficient (Wildman–Crippen LogP) is 4.01. The number of unbranched alkanes of at least 4 members (excludes halogenated alkanes) is 1. The lowest BCUT2D eigenvalue weighted by Gasteiger charge is -2.14. The van der Waals surface area contributed by atoms with Gasteiger partial charge in [-0.15, -0.1) is 0 Å². The Balaban J connectivity index is 1.49. The van der Waals surface area contributed by atoms with Crippen molar-refractivity contribution in [2.45, 2.75) is 45.6 Å². The Morgan fingerprint density at radius 3 is 2.48 bits per heavy atom. The fraction of sp³-hybridized carbons (Fsp3) is 0.435. The van der Waals surface area contributed by atoms with Gasteiger partial charge in [0, 0.05) is 25.2 Å². The van der Waals surface area contributed by atoms with Crippen molar-refractivity contribution in [1.29, 1.82) is 0 Å². The summed E-state index contributed by atoms with van der Waals surface area (Å²) < 4.78 is 0. The van der Waals surface area contributed by atoms with E-state index < -0.39 is 0 Å². The molecule has 1 fully saturated rings. The molecule has 0 bridgehead atoms. The maximum atomic E-state index is 5.87. The highest BCUT2D eigenvalue weighted by Gasteiger charge is 2.12. The summed E-state index contributed by atoms with van der Waals surface area (Å²) in [6.07, 6.45) is 5.65. The van der Waals surface area contributed by atoms with Crippen LogP contribution in [0.3, 0.4) is 0 Å². The summed E-state index contributed by atoms with van der Waals surface area (Å²) in [5, 5.41) is 3.36. The van der Waals surface area contributed by atoms with E-state index in [-0.39, 0.29) is 5.95 Å². The first-order valence-corrected chi connectivity index (χ1v) is 10.7. The minimum absolute atomic E-state index is 0.277. The number of benzene rings is 1. The number of likely N-dealkylation sites (tertiary alicyclic amines) is 1. The number of hydrogen-bond donors (Lipinski definition) is 2. The molecule has 0 amide bonds. The third kappa shape index (κ3) is 5.01. The van der Waals surface area contributed by atoms with E-state index in [1.54, 1.807) is 0 Å². The number of anilines is 2. The quantitative estimate of drug-likeness (QED) is 0.566. The van der Waals surface area contributed by atoms with Gasteiger partial charge in [-0.2, -0.15) is 4.98 Å². The van der Waals surface area contributed by atoms with Gasteiger partial charge in [-0.05, 0) is 55.6 Å². The molecule has 1 aliphatic heterocycles. The molecule has 3 heterocycles. The van der Waals surface area contributed by atoms with Gasteiger partial charge in [0.05, 0.1) is 5.52 Å². The van der Waals surface area contributed by atoms with Crippen molar-refractivity contribution >= 4 is 22.8 Å². The number of fused-ring (bicyclic) bond motifs is 1. The molecule has 1 aromatic carbocycles. The normalized spacial score (nSPS) is 14.5. The van der Waals surface area contributed by atoms with E-state index in [1.165, 1.54) is 37.1 Å². The number of nitrogens with one attached hydrogen (secondary N) is 1. The highest BCUT2D eigenvalue weighted by atomic mass is 15.1. The maximum Gasteiger partial charge on any atom is 0.222 e. The second kappa shape index (κ2) is 9.18. The number of rotatable bonds is 8. The molecule has 4 rings (SSSR count). The zero-order valence-electron chi connectivity index (χ0n) is 17.2. The van der Waals surface area contributed by atoms with Crippen molar-refractivity contribution in [2.75, 3.05) is 30.7 Å². The molecule has 6 heteroatoms. The lowest BCUT2D eigenvalue weighted by Crippen LogP contribution is -2.18. The van der Waals surface area contributed by atoms with Crippen molar-refractivity contribution in [3.05, 3.63) is 53.2 Å². The van der Waals surface area contributed by atoms with E-state index in [0.29, 0.717) is 0 Å². The van der Waals surface area contributed by atoms with Crippen LogP contribution >= 0.6 is 0 Å². The van der Waals surface area contributed by atoms with Crippen molar-refractivity contribution < 1.29 is 0 Å². The molecule has 0 saturated carbocycles. The second-order valence-corrected chi connectivity index (χ2v) is 7.86. The molecule has 1 aliphatic rings. The van der Waals surface area contributed by atoms with E-state index >= 15 is 0 Å². The first-order valence-electron chi connectivity index (χ1n) is 10.7. The molecule has 0 radical (unpaired) electrons. The SMILES string of the molecule is CCCCNc1nc(N)nc2ccc(Cc3ccc(CN4CCCC4)cc3)nc12. The van der Waals surface area contributed by atoms with Crippen molar-refractivity contribution in [1.82, 2.24) is 19.9 Å². The van der Waals surface area contributed by atoms with Crippen LogP contribution in [0, 0.1) is 0 Å². The second-order valence-electron chi connectivity index (χ2n) is 7.86. The maximum absolute atomic E-state index is 5.87. The van der Waals surface area contributed by atoms with Crippen LogP contribution in [-0.2, 0) is 13.0 Å². The Labute approximate surface area is 172 Å². The molecular formula is C23H30N6. The lowest BCUT2D eigenvalue weighted by atomic mass is 10.1. The summed E-state index contributed by atoms with van der Waals surface area (Å²) in [7, 11) is 0. The van der Waals surface area contributed by atoms with Crippen LogP contribution in [-0.4, -0.2) is 39.5 Å². The molecule has 0 aliphatic carbocycles. The van der Waals surface area contributed by atoms with Crippen molar-refractivity contribution in [3.8, 4) is 0 Å². The van der Waals surface area contributed by atoms with Crippen LogP contribution in [0.1, 0.15) is 49.4 Å². The molecule has 1 saturated heterocycles. The largest absolute Gasteiger partial charge is 0.368 e. The first kappa shape index (κ1) is 19.6. The summed E-state index contributed by atoms with van der Waals surface area (Å²) in [4.78, 5) is 16.1. The average molecular weight is 391 g/mol. The number of pyridine rings is 1. The molecule has 6 nitrogen and oxygen atoms in total. The van der Waals surface area contributed by atoms with Crippen molar-refractivity contribution in [2.24, 2.45) is 0 Å². The Bertz CT molecular complexity index is 947. The highest BCUT2D eigenvalue weighted by Crippen LogP contribution is 2.21. The number of nitrogens with zero attached hydrogens (tertiary/aromatic N) is 4. The molecule has 3 N–H and O–H groups in total. The number of nitrogen functional groups attached to an aromatic ring is 1. The standard InChI is InChI=1S/C23H30N6/c1-2-3-12-25-22-21-20(27-23(24)28-22)11-10-19(26-21)15-17-6-8-18(9-7-17)16-29-13-4-5-14-29/h6-11H,2-5,12-16H2,1H3,(H3,24,25,27,28). The minimum Gasteiger partial charge on any atom is -0.368 e. The van der Waals surface area contributed by atoms with E-state index in [9.17, 15) is 0 Å². The third-order valence-electron chi connectivity index (χ3n) is 5.45. The van der Waals surface area contributed by atoms with Crippen LogP contribution in [0.5, 0.6) is 0 Å². The summed E-state index contributed by atoms with van der Waals surface area (Å²) in [5.74, 6) is 1.00. The van der Waals surface area contributed by atoms with Gasteiger partial charge in [-0.25, -0.2) is 9.97 Å². The van der Waals surface area contributed by atoms with E-state index in [1.807, 2.05) is 12.1 Å². The first-order chi connectivity index (χ1) is 14.2. The fourth-order valence-electron chi connectivity index (χ4n) is 3.85. The minimum atomic E-state index is 0.277. The van der Waals surface area contributed by atoms with Gasteiger partial charge in [0.15, 0.2) is 5.82 Å². The van der Waals surface area contributed by atoms with E-state index in [2.05, 4.69) is 51.4 Å². The highest BCUT2D eigenvalue weighted by molar-refractivity contribution is 5.86. The zero-order valence-corrected chi connectivity index (χ0v) is 17.2. The summed E-state index contributed by atoms with van der Waals surface area (Å²) in [6.45, 7) is 6.53. The molecule has 2 aromatic heterocycles. The van der Waals surface area contributed by atoms with Gasteiger partial charge in [0.1, 0.15) is 5.52 Å². The van der Waals surface area contributed by atoms with Gasteiger partial charge >= 0.3 is 0 Å². The third-order valence-corrected chi connectivity index (χ3v) is 5.45. The van der Waals surface area contributed by atoms with E-state index in [0.717, 1.165) is 54.9 Å². The Morgan fingerprint density at radius 1 is 0.966 bits per heavy atom. The van der Waals surface area contributed by atoms with Gasteiger partial charge in [-0.3, -0.25) is 4.90 Å². The smallest absolute Gasteiger partial charge is 0.222 e. The molecule has 0 spiro atoms. The molecule has 29 heavy (non-hydrogen) atoms. The summed E-state index contributed by atoms with van der Waals surface area (Å²) in [6, 6.07) is 13.0. The van der Waals surface area contributed by atoms with Crippen LogP contribution < -0.4 is 11.1 Å². The van der Waals surface area contributed by atoms with Crippen LogP contribution in [0.2, 0.25) is 0 Å². The summed E-state index contributed by atoms with van der Waals surface area (Å²) in [5.41, 5.74) is 11.1. The van der Waals surface area contributed by atoms with Crippen LogP contribution in [0.4, 0.5) is 11.8 Å². The fourth-order valence-corrected chi connectivity index (χ4v) is 3.85. The van der Waals surface area contributed by atoms with Gasteiger partial charge < -0.3 is 11.1 Å². The number of nitrogens with two attached hydrogens (primary N) is 1. The lowest BCUT2D eigenvalue weighted by molar-refractivity contribution is 0.331. The van der Waals surface area contributed by atoms with Crippen LogP contribution in [0.15, 0.2) is 36.4 Å². The van der Waals surface area contributed by atoms with Crippen molar-refractivity contribution in [3.63, 3.8) is 0 Å².